The Kier molecular flexibility index (Phi) is 4.62. The van der Waals surface area contributed by atoms with Crippen LogP contribution in [-0.2, 0) is 18.2 Å². The van der Waals surface area contributed by atoms with Gasteiger partial charge in [0.25, 0.3) is 0 Å². The summed E-state index contributed by atoms with van der Waals surface area (Å²) in [7, 11) is 1.93. The van der Waals surface area contributed by atoms with E-state index < -0.39 is 0 Å². The highest BCUT2D eigenvalue weighted by atomic mass is 16.5. The molecule has 2 aliphatic rings. The summed E-state index contributed by atoms with van der Waals surface area (Å²) >= 11 is 0. The number of ether oxygens (including phenoxy) is 1. The number of aryl methyl sites for hydroxylation is 2. The van der Waals surface area contributed by atoms with E-state index in [1.54, 1.807) is 0 Å². The molecule has 0 radical (unpaired) electrons. The second kappa shape index (κ2) is 6.51. The van der Waals surface area contributed by atoms with Crippen molar-refractivity contribution in [3.63, 3.8) is 0 Å². The van der Waals surface area contributed by atoms with Crippen LogP contribution in [0.5, 0.6) is 0 Å². The third kappa shape index (κ3) is 3.37. The second-order valence-corrected chi connectivity index (χ2v) is 7.42. The molecule has 0 unspecified atom stereocenters. The van der Waals surface area contributed by atoms with Crippen molar-refractivity contribution in [1.82, 2.24) is 20.4 Å². The number of hydrogen-bond donors (Lipinski definition) is 2. The maximum atomic E-state index is 12.1. The van der Waals surface area contributed by atoms with Gasteiger partial charge < -0.3 is 15.4 Å². The van der Waals surface area contributed by atoms with Gasteiger partial charge in [-0.3, -0.25) is 4.68 Å². The summed E-state index contributed by atoms with van der Waals surface area (Å²) in [6.45, 7) is 5.90. The SMILES string of the molecule is Cn1cc(CCCCNC(=O)N[C@@H]2[C@@H]3CCO[C@H]3C2(C)C)cn1. The Morgan fingerprint density at radius 2 is 2.30 bits per heavy atom. The molecule has 6 nitrogen and oxygen atoms in total. The lowest BCUT2D eigenvalue weighted by Crippen LogP contribution is -2.67. The van der Waals surface area contributed by atoms with Gasteiger partial charge in [-0.15, -0.1) is 0 Å². The average molecular weight is 320 g/mol. The Bertz CT molecular complexity index is 555. The zero-order chi connectivity index (χ0) is 16.4. The van der Waals surface area contributed by atoms with E-state index in [-0.39, 0.29) is 17.5 Å². The first-order valence-electron chi connectivity index (χ1n) is 8.62. The number of carbonyl (C=O) groups is 1. The van der Waals surface area contributed by atoms with Crippen LogP contribution in [0.25, 0.3) is 0 Å². The third-order valence-corrected chi connectivity index (χ3v) is 5.32. The summed E-state index contributed by atoms with van der Waals surface area (Å²) in [4.78, 5) is 12.1. The van der Waals surface area contributed by atoms with Gasteiger partial charge in [-0.2, -0.15) is 5.10 Å². The molecule has 1 aromatic heterocycles. The molecule has 3 rings (SSSR count). The van der Waals surface area contributed by atoms with E-state index in [1.165, 1.54) is 5.56 Å². The third-order valence-electron chi connectivity index (χ3n) is 5.32. The summed E-state index contributed by atoms with van der Waals surface area (Å²) in [5, 5.41) is 10.3. The number of rotatable bonds is 6. The largest absolute Gasteiger partial charge is 0.377 e. The molecule has 3 atom stereocenters. The van der Waals surface area contributed by atoms with Crippen molar-refractivity contribution >= 4 is 6.03 Å². The Labute approximate surface area is 138 Å². The van der Waals surface area contributed by atoms with Gasteiger partial charge in [0.2, 0.25) is 0 Å². The summed E-state index contributed by atoms with van der Waals surface area (Å²) < 4.78 is 7.58. The molecule has 2 fully saturated rings. The minimum atomic E-state index is -0.0465. The Hall–Kier alpha value is -1.56. The molecule has 2 heterocycles. The lowest BCUT2D eigenvalue weighted by molar-refractivity contribution is -0.108. The van der Waals surface area contributed by atoms with Gasteiger partial charge in [-0.25, -0.2) is 4.79 Å². The predicted octanol–water partition coefficient (Wildman–Crippen LogP) is 1.86. The Morgan fingerprint density at radius 1 is 1.48 bits per heavy atom. The van der Waals surface area contributed by atoms with Crippen molar-refractivity contribution in [3.8, 4) is 0 Å². The molecule has 1 aromatic rings. The number of hydrogen-bond acceptors (Lipinski definition) is 3. The van der Waals surface area contributed by atoms with Gasteiger partial charge >= 0.3 is 6.03 Å². The first kappa shape index (κ1) is 16.3. The lowest BCUT2D eigenvalue weighted by Gasteiger charge is -2.54. The molecular weight excluding hydrogens is 292 g/mol. The standard InChI is InChI=1S/C17H28N4O2/c1-17(2)14(13-7-9-23-15(13)17)20-16(22)18-8-5-4-6-12-10-19-21(3)11-12/h10-11,13-15H,4-9H2,1-3H3,(H2,18,20,22)/t13-,14+,15+/m0/s1. The van der Waals surface area contributed by atoms with E-state index in [9.17, 15) is 4.79 Å². The van der Waals surface area contributed by atoms with E-state index in [0.717, 1.165) is 32.3 Å². The summed E-state index contributed by atoms with van der Waals surface area (Å²) in [5.41, 5.74) is 1.29. The average Bonchev–Trinajstić information content (AvgIpc) is 3.12. The van der Waals surface area contributed by atoms with Gasteiger partial charge in [0.1, 0.15) is 0 Å². The van der Waals surface area contributed by atoms with Crippen LogP contribution in [0.4, 0.5) is 4.79 Å². The van der Waals surface area contributed by atoms with E-state index in [1.807, 2.05) is 24.1 Å². The first-order valence-corrected chi connectivity index (χ1v) is 8.62. The highest BCUT2D eigenvalue weighted by molar-refractivity contribution is 5.74. The van der Waals surface area contributed by atoms with Crippen LogP contribution in [0.15, 0.2) is 12.4 Å². The molecule has 0 bridgehead atoms. The van der Waals surface area contributed by atoms with E-state index >= 15 is 0 Å². The highest BCUT2D eigenvalue weighted by Crippen LogP contribution is 2.51. The molecule has 1 aliphatic carbocycles. The normalized spacial score (nSPS) is 28.0. The number of carbonyl (C=O) groups excluding carboxylic acids is 1. The summed E-state index contributed by atoms with van der Waals surface area (Å²) in [6.07, 6.45) is 8.35. The van der Waals surface area contributed by atoms with Crippen LogP contribution in [0.3, 0.4) is 0 Å². The molecule has 1 aliphatic heterocycles. The van der Waals surface area contributed by atoms with Crippen LogP contribution in [0.2, 0.25) is 0 Å². The molecule has 0 spiro atoms. The Balaban J connectivity index is 1.32. The molecule has 1 saturated heterocycles. The lowest BCUT2D eigenvalue weighted by atomic mass is 9.57. The molecule has 23 heavy (non-hydrogen) atoms. The number of fused-ring (bicyclic) bond motifs is 1. The minimum Gasteiger partial charge on any atom is -0.377 e. The predicted molar refractivity (Wildman–Crippen MR) is 88.1 cm³/mol. The molecule has 0 aromatic carbocycles. The van der Waals surface area contributed by atoms with Crippen molar-refractivity contribution < 1.29 is 9.53 Å². The van der Waals surface area contributed by atoms with Crippen LogP contribution >= 0.6 is 0 Å². The quantitative estimate of drug-likeness (QED) is 0.786. The van der Waals surface area contributed by atoms with Crippen molar-refractivity contribution in [1.29, 1.82) is 0 Å². The second-order valence-electron chi connectivity index (χ2n) is 7.42. The summed E-state index contributed by atoms with van der Waals surface area (Å²) in [6, 6.07) is 0.181. The number of urea groups is 1. The van der Waals surface area contributed by atoms with Gasteiger partial charge in [0.15, 0.2) is 0 Å². The topological polar surface area (TPSA) is 68.2 Å². The molecule has 128 valence electrons. The van der Waals surface area contributed by atoms with E-state index in [2.05, 4.69) is 29.6 Å². The highest BCUT2D eigenvalue weighted by Gasteiger charge is 2.59. The van der Waals surface area contributed by atoms with Gasteiger partial charge in [0.05, 0.1) is 12.3 Å². The van der Waals surface area contributed by atoms with Crippen LogP contribution in [0, 0.1) is 11.3 Å². The maximum absolute atomic E-state index is 12.1. The number of unbranched alkanes of at least 4 members (excludes halogenated alkanes) is 1. The molecule has 1 saturated carbocycles. The fourth-order valence-electron chi connectivity index (χ4n) is 4.07. The molecule has 2 amide bonds. The van der Waals surface area contributed by atoms with Crippen molar-refractivity contribution in [2.75, 3.05) is 13.2 Å². The van der Waals surface area contributed by atoms with Gasteiger partial charge in [0, 0.05) is 43.8 Å². The van der Waals surface area contributed by atoms with Crippen molar-refractivity contribution in [3.05, 3.63) is 18.0 Å². The van der Waals surface area contributed by atoms with E-state index in [4.69, 9.17) is 4.74 Å². The van der Waals surface area contributed by atoms with Crippen LogP contribution in [0.1, 0.15) is 38.7 Å². The van der Waals surface area contributed by atoms with Crippen molar-refractivity contribution in [2.45, 2.75) is 51.7 Å². The molecule has 2 N–H and O–H groups in total. The molecular formula is C17H28N4O2. The fourth-order valence-corrected chi connectivity index (χ4v) is 4.07. The molecule has 6 heteroatoms. The summed E-state index contributed by atoms with van der Waals surface area (Å²) in [5.74, 6) is 0.487. The van der Waals surface area contributed by atoms with Crippen LogP contribution < -0.4 is 10.6 Å². The number of amides is 2. The van der Waals surface area contributed by atoms with Crippen LogP contribution in [-0.4, -0.2) is 41.1 Å². The zero-order valence-electron chi connectivity index (χ0n) is 14.3. The first-order chi connectivity index (χ1) is 11.0. The van der Waals surface area contributed by atoms with Gasteiger partial charge in [-0.05, 0) is 31.2 Å². The minimum absolute atomic E-state index is 0.0405. The Morgan fingerprint density at radius 3 is 3.04 bits per heavy atom. The number of nitrogens with one attached hydrogen (secondary N) is 2. The number of nitrogens with zero attached hydrogens (tertiary/aromatic N) is 2. The monoisotopic (exact) mass is 320 g/mol. The number of aromatic nitrogens is 2. The smallest absolute Gasteiger partial charge is 0.315 e. The van der Waals surface area contributed by atoms with E-state index in [0.29, 0.717) is 18.6 Å². The zero-order valence-corrected chi connectivity index (χ0v) is 14.3. The van der Waals surface area contributed by atoms with Gasteiger partial charge in [-0.1, -0.05) is 13.8 Å². The maximum Gasteiger partial charge on any atom is 0.315 e. The fraction of sp³-hybridized carbons (Fsp3) is 0.765. The van der Waals surface area contributed by atoms with Crippen molar-refractivity contribution in [2.24, 2.45) is 18.4 Å².